The highest BCUT2D eigenvalue weighted by molar-refractivity contribution is 5.33. The van der Waals surface area contributed by atoms with Crippen LogP contribution in [0.2, 0.25) is 0 Å². The summed E-state index contributed by atoms with van der Waals surface area (Å²) in [6.07, 6.45) is 2.46. The van der Waals surface area contributed by atoms with Crippen molar-refractivity contribution in [2.24, 2.45) is 0 Å². The monoisotopic (exact) mass is 227 g/mol. The Morgan fingerprint density at radius 2 is 2.06 bits per heavy atom. The van der Waals surface area contributed by atoms with Crippen molar-refractivity contribution >= 4 is 0 Å². The Bertz CT molecular complexity index is 589. The van der Waals surface area contributed by atoms with Gasteiger partial charge < -0.3 is 5.32 Å². The minimum absolute atomic E-state index is 0.0356. The molecule has 0 fully saturated rings. The summed E-state index contributed by atoms with van der Waals surface area (Å²) in [7, 11) is 0. The summed E-state index contributed by atoms with van der Waals surface area (Å²) >= 11 is 0. The third-order valence-electron chi connectivity index (χ3n) is 3.03. The Morgan fingerprint density at radius 3 is 2.88 bits per heavy atom. The van der Waals surface area contributed by atoms with Gasteiger partial charge in [-0.15, -0.1) is 0 Å². The number of nitrogens with one attached hydrogen (secondary N) is 1. The van der Waals surface area contributed by atoms with Crippen molar-refractivity contribution in [1.82, 2.24) is 14.9 Å². The zero-order valence-corrected chi connectivity index (χ0v) is 9.39. The lowest BCUT2D eigenvalue weighted by molar-refractivity contribution is 0.613. The lowest BCUT2D eigenvalue weighted by Gasteiger charge is -2.16. The summed E-state index contributed by atoms with van der Waals surface area (Å²) in [6, 6.07) is 9.58. The highest BCUT2D eigenvalue weighted by Crippen LogP contribution is 2.08. The van der Waals surface area contributed by atoms with Gasteiger partial charge in [-0.05, 0) is 12.1 Å². The van der Waals surface area contributed by atoms with Gasteiger partial charge in [0.05, 0.1) is 16.9 Å². The Kier molecular flexibility index (Phi) is 2.49. The molecule has 0 atom stereocenters. The number of hydrogen-bond acceptors (Lipinski definition) is 3. The number of hydrogen-bond donors (Lipinski definition) is 1. The zero-order chi connectivity index (χ0) is 11.7. The summed E-state index contributed by atoms with van der Waals surface area (Å²) in [6.45, 7) is 1.52. The molecule has 4 nitrogen and oxygen atoms in total. The molecule has 0 saturated heterocycles. The summed E-state index contributed by atoms with van der Waals surface area (Å²) in [5, 5.41) is 3.21. The molecule has 0 saturated carbocycles. The quantitative estimate of drug-likeness (QED) is 0.786. The van der Waals surface area contributed by atoms with Gasteiger partial charge in [-0.1, -0.05) is 18.2 Å². The first-order valence-electron chi connectivity index (χ1n) is 5.72. The van der Waals surface area contributed by atoms with Gasteiger partial charge >= 0.3 is 0 Å². The Balaban J connectivity index is 2.17. The van der Waals surface area contributed by atoms with Crippen molar-refractivity contribution in [2.75, 3.05) is 6.54 Å². The minimum Gasteiger partial charge on any atom is -0.312 e. The Morgan fingerprint density at radius 1 is 1.24 bits per heavy atom. The average molecular weight is 227 g/mol. The van der Waals surface area contributed by atoms with Crippen molar-refractivity contribution in [3.05, 3.63) is 58.3 Å². The van der Waals surface area contributed by atoms with Gasteiger partial charge in [0.25, 0.3) is 5.56 Å². The van der Waals surface area contributed by atoms with Crippen LogP contribution in [0.5, 0.6) is 0 Å². The number of nitrogens with zero attached hydrogens (tertiary/aromatic N) is 2. The van der Waals surface area contributed by atoms with Crippen LogP contribution in [0.15, 0.2) is 41.5 Å². The molecule has 0 aliphatic carbocycles. The molecule has 0 spiro atoms. The van der Waals surface area contributed by atoms with Crippen molar-refractivity contribution in [1.29, 1.82) is 0 Å². The minimum atomic E-state index is 0.0356. The maximum atomic E-state index is 12.3. The molecule has 0 amide bonds. The van der Waals surface area contributed by atoms with E-state index in [1.54, 1.807) is 10.9 Å². The van der Waals surface area contributed by atoms with E-state index in [9.17, 15) is 4.79 Å². The van der Waals surface area contributed by atoms with Gasteiger partial charge in [0.1, 0.15) is 6.33 Å². The third kappa shape index (κ3) is 1.76. The molecule has 1 aromatic carbocycles. The fourth-order valence-electron chi connectivity index (χ4n) is 2.11. The maximum absolute atomic E-state index is 12.3. The Hall–Kier alpha value is -1.94. The predicted octanol–water partition coefficient (Wildman–Crippen LogP) is 0.878. The molecule has 17 heavy (non-hydrogen) atoms. The standard InChI is InChI=1S/C13H13N3O/c17-13-11-8-14-7-6-12(11)15-9-16(13)10-4-2-1-3-5-10/h1-5,9,14H,6-8H2. The topological polar surface area (TPSA) is 46.9 Å². The fourth-order valence-corrected chi connectivity index (χ4v) is 2.11. The normalized spacial score (nSPS) is 14.4. The van der Waals surface area contributed by atoms with E-state index in [1.807, 2.05) is 30.3 Å². The van der Waals surface area contributed by atoms with Crippen LogP contribution in [0, 0.1) is 0 Å². The van der Waals surface area contributed by atoms with Crippen molar-refractivity contribution in [3.63, 3.8) is 0 Å². The van der Waals surface area contributed by atoms with E-state index in [4.69, 9.17) is 0 Å². The van der Waals surface area contributed by atoms with Gasteiger partial charge in [-0.25, -0.2) is 4.98 Å². The van der Waals surface area contributed by atoms with Crippen molar-refractivity contribution in [2.45, 2.75) is 13.0 Å². The second-order valence-corrected chi connectivity index (χ2v) is 4.11. The van der Waals surface area contributed by atoms with Crippen LogP contribution in [-0.2, 0) is 13.0 Å². The summed E-state index contributed by atoms with van der Waals surface area (Å²) < 4.78 is 1.60. The van der Waals surface area contributed by atoms with Gasteiger partial charge in [0.15, 0.2) is 0 Å². The largest absolute Gasteiger partial charge is 0.312 e. The number of rotatable bonds is 1. The molecule has 0 unspecified atom stereocenters. The first-order chi connectivity index (χ1) is 8.36. The molecule has 4 heteroatoms. The van der Waals surface area contributed by atoms with E-state index in [-0.39, 0.29) is 5.56 Å². The molecule has 2 heterocycles. The van der Waals surface area contributed by atoms with Crippen LogP contribution in [0.4, 0.5) is 0 Å². The number of aromatic nitrogens is 2. The van der Waals surface area contributed by atoms with Crippen LogP contribution in [-0.4, -0.2) is 16.1 Å². The first-order valence-corrected chi connectivity index (χ1v) is 5.72. The van der Waals surface area contributed by atoms with E-state index >= 15 is 0 Å². The summed E-state index contributed by atoms with van der Waals surface area (Å²) in [5.41, 5.74) is 2.62. The van der Waals surface area contributed by atoms with Crippen LogP contribution in [0.1, 0.15) is 11.3 Å². The SMILES string of the molecule is O=c1c2c(ncn1-c1ccccc1)CCNC2. The molecule has 0 bridgehead atoms. The molecule has 1 aromatic heterocycles. The number of benzene rings is 1. The lowest BCUT2D eigenvalue weighted by Crippen LogP contribution is -2.34. The molecule has 0 radical (unpaired) electrons. The highest BCUT2D eigenvalue weighted by Gasteiger charge is 2.15. The van der Waals surface area contributed by atoms with Gasteiger partial charge in [-0.3, -0.25) is 9.36 Å². The molecule has 86 valence electrons. The first kappa shape index (κ1) is 10.2. The van der Waals surface area contributed by atoms with Crippen LogP contribution < -0.4 is 10.9 Å². The van der Waals surface area contributed by atoms with Crippen molar-refractivity contribution < 1.29 is 0 Å². The van der Waals surface area contributed by atoms with E-state index < -0.39 is 0 Å². The Labute approximate surface area is 98.9 Å². The van der Waals surface area contributed by atoms with E-state index in [1.165, 1.54) is 0 Å². The molecule has 2 aromatic rings. The van der Waals surface area contributed by atoms with Gasteiger partial charge in [0, 0.05) is 19.5 Å². The molecule has 1 aliphatic rings. The molecule has 1 aliphatic heterocycles. The number of para-hydroxylation sites is 1. The molecular formula is C13H13N3O. The summed E-state index contributed by atoms with van der Waals surface area (Å²) in [4.78, 5) is 16.7. The maximum Gasteiger partial charge on any atom is 0.262 e. The molecule has 3 rings (SSSR count). The van der Waals surface area contributed by atoms with E-state index in [0.29, 0.717) is 6.54 Å². The van der Waals surface area contributed by atoms with Gasteiger partial charge in [-0.2, -0.15) is 0 Å². The summed E-state index contributed by atoms with van der Waals surface area (Å²) in [5.74, 6) is 0. The average Bonchev–Trinajstić information content (AvgIpc) is 2.40. The molecule has 1 N–H and O–H groups in total. The zero-order valence-electron chi connectivity index (χ0n) is 9.39. The van der Waals surface area contributed by atoms with E-state index in [0.717, 1.165) is 29.9 Å². The lowest BCUT2D eigenvalue weighted by atomic mass is 10.1. The third-order valence-corrected chi connectivity index (χ3v) is 3.03. The number of fused-ring (bicyclic) bond motifs is 1. The van der Waals surface area contributed by atoms with E-state index in [2.05, 4.69) is 10.3 Å². The smallest absolute Gasteiger partial charge is 0.262 e. The fraction of sp³-hybridized carbons (Fsp3) is 0.231. The van der Waals surface area contributed by atoms with Crippen LogP contribution >= 0.6 is 0 Å². The van der Waals surface area contributed by atoms with Crippen LogP contribution in [0.25, 0.3) is 5.69 Å². The van der Waals surface area contributed by atoms with Gasteiger partial charge in [0.2, 0.25) is 0 Å². The molecular weight excluding hydrogens is 214 g/mol. The predicted molar refractivity (Wildman–Crippen MR) is 65.2 cm³/mol. The van der Waals surface area contributed by atoms with Crippen molar-refractivity contribution in [3.8, 4) is 5.69 Å². The van der Waals surface area contributed by atoms with Crippen LogP contribution in [0.3, 0.4) is 0 Å². The second kappa shape index (κ2) is 4.14. The highest BCUT2D eigenvalue weighted by atomic mass is 16.1. The second-order valence-electron chi connectivity index (χ2n) is 4.11.